The first-order valence-electron chi connectivity index (χ1n) is 5.90. The van der Waals surface area contributed by atoms with Gasteiger partial charge in [0.25, 0.3) is 0 Å². The highest BCUT2D eigenvalue weighted by Gasteiger charge is 2.06. The van der Waals surface area contributed by atoms with Gasteiger partial charge in [-0.15, -0.1) is 0 Å². The number of primary sulfonamides is 1. The van der Waals surface area contributed by atoms with E-state index >= 15 is 0 Å². The maximum Gasteiger partial charge on any atom is 0.238 e. The van der Waals surface area contributed by atoms with Gasteiger partial charge in [0, 0.05) is 6.21 Å². The van der Waals surface area contributed by atoms with Crippen molar-refractivity contribution in [2.45, 2.75) is 4.90 Å². The lowest BCUT2D eigenvalue weighted by atomic mass is 10.2. The monoisotopic (exact) mass is 308 g/mol. The maximum absolute atomic E-state index is 13.5. The fourth-order valence-electron chi connectivity index (χ4n) is 1.63. The summed E-state index contributed by atoms with van der Waals surface area (Å²) in [5.41, 5.74) is 1.09. The van der Waals surface area contributed by atoms with Gasteiger partial charge in [0.1, 0.15) is 0 Å². The largest absolute Gasteiger partial charge is 0.494 e. The Morgan fingerprint density at radius 3 is 2.38 bits per heavy atom. The summed E-state index contributed by atoms with van der Waals surface area (Å²) < 4.78 is 40.5. The minimum Gasteiger partial charge on any atom is -0.494 e. The third kappa shape index (κ3) is 3.87. The molecular formula is C14H13FN2O3S. The molecule has 0 atom stereocenters. The molecule has 0 aliphatic carbocycles. The summed E-state index contributed by atoms with van der Waals surface area (Å²) in [5.74, 6) is -0.323. The van der Waals surface area contributed by atoms with Crippen LogP contribution in [-0.2, 0) is 10.0 Å². The van der Waals surface area contributed by atoms with Crippen molar-refractivity contribution >= 4 is 21.9 Å². The minimum absolute atomic E-state index is 0.0111. The molecular weight excluding hydrogens is 295 g/mol. The van der Waals surface area contributed by atoms with Crippen molar-refractivity contribution in [2.24, 2.45) is 10.1 Å². The summed E-state index contributed by atoms with van der Waals surface area (Å²) in [6.07, 6.45) is 1.47. The van der Waals surface area contributed by atoms with E-state index in [2.05, 4.69) is 4.99 Å². The van der Waals surface area contributed by atoms with Crippen molar-refractivity contribution in [1.82, 2.24) is 0 Å². The second-order valence-corrected chi connectivity index (χ2v) is 5.75. The van der Waals surface area contributed by atoms with Gasteiger partial charge >= 0.3 is 0 Å². The average molecular weight is 308 g/mol. The van der Waals surface area contributed by atoms with Crippen LogP contribution in [0.1, 0.15) is 5.56 Å². The van der Waals surface area contributed by atoms with Crippen molar-refractivity contribution in [1.29, 1.82) is 0 Å². The summed E-state index contributed by atoms with van der Waals surface area (Å²) in [5, 5.41) is 5.00. The van der Waals surface area contributed by atoms with E-state index in [1.165, 1.54) is 49.7 Å². The zero-order chi connectivity index (χ0) is 15.5. The Balaban J connectivity index is 2.19. The third-order valence-electron chi connectivity index (χ3n) is 2.70. The fraction of sp³-hybridized carbons (Fsp3) is 0.0714. The molecule has 0 bridgehead atoms. The highest BCUT2D eigenvalue weighted by Crippen LogP contribution is 2.18. The number of hydrogen-bond acceptors (Lipinski definition) is 4. The van der Waals surface area contributed by atoms with E-state index in [-0.39, 0.29) is 10.6 Å². The van der Waals surface area contributed by atoms with Crippen LogP contribution in [0, 0.1) is 5.82 Å². The van der Waals surface area contributed by atoms with Crippen molar-refractivity contribution in [3.63, 3.8) is 0 Å². The van der Waals surface area contributed by atoms with Gasteiger partial charge in [-0.05, 0) is 48.0 Å². The van der Waals surface area contributed by atoms with E-state index < -0.39 is 15.8 Å². The number of sulfonamides is 1. The van der Waals surface area contributed by atoms with Gasteiger partial charge in [0.15, 0.2) is 11.6 Å². The zero-order valence-corrected chi connectivity index (χ0v) is 12.0. The van der Waals surface area contributed by atoms with Crippen LogP contribution in [0.2, 0.25) is 0 Å². The van der Waals surface area contributed by atoms with Crippen LogP contribution in [0.25, 0.3) is 0 Å². The topological polar surface area (TPSA) is 81.8 Å². The molecule has 0 aliphatic heterocycles. The van der Waals surface area contributed by atoms with Gasteiger partial charge < -0.3 is 4.74 Å². The highest BCUT2D eigenvalue weighted by atomic mass is 32.2. The third-order valence-corrected chi connectivity index (χ3v) is 3.63. The smallest absolute Gasteiger partial charge is 0.238 e. The van der Waals surface area contributed by atoms with Crippen molar-refractivity contribution in [3.8, 4) is 5.75 Å². The summed E-state index contributed by atoms with van der Waals surface area (Å²) >= 11 is 0. The van der Waals surface area contributed by atoms with Gasteiger partial charge in [-0.2, -0.15) is 0 Å². The van der Waals surface area contributed by atoms with E-state index in [4.69, 9.17) is 9.88 Å². The Morgan fingerprint density at radius 2 is 1.86 bits per heavy atom. The van der Waals surface area contributed by atoms with Crippen molar-refractivity contribution in [2.75, 3.05) is 7.11 Å². The van der Waals surface area contributed by atoms with E-state index in [1.54, 1.807) is 6.07 Å². The van der Waals surface area contributed by atoms with E-state index in [0.717, 1.165) is 0 Å². The van der Waals surface area contributed by atoms with E-state index in [9.17, 15) is 12.8 Å². The summed E-state index contributed by atoms with van der Waals surface area (Å²) in [4.78, 5) is 4.14. The minimum atomic E-state index is -3.72. The molecule has 5 nitrogen and oxygen atoms in total. The molecule has 0 saturated carbocycles. The number of hydrogen-bond donors (Lipinski definition) is 1. The zero-order valence-electron chi connectivity index (χ0n) is 11.2. The summed E-state index contributed by atoms with van der Waals surface area (Å²) in [7, 11) is -2.33. The maximum atomic E-state index is 13.5. The molecule has 2 N–H and O–H groups in total. The first-order valence-corrected chi connectivity index (χ1v) is 7.45. The van der Waals surface area contributed by atoms with Gasteiger partial charge in [0.2, 0.25) is 10.0 Å². The molecule has 0 spiro atoms. The number of nitrogens with two attached hydrogens (primary N) is 1. The molecule has 110 valence electrons. The first-order chi connectivity index (χ1) is 9.90. The fourth-order valence-corrected chi connectivity index (χ4v) is 2.15. The molecule has 0 saturated heterocycles. The molecule has 2 aromatic carbocycles. The van der Waals surface area contributed by atoms with Gasteiger partial charge in [-0.3, -0.25) is 4.99 Å². The molecule has 7 heteroatoms. The summed E-state index contributed by atoms with van der Waals surface area (Å²) in [6, 6.07) is 10.2. The number of methoxy groups -OCH3 is 1. The molecule has 0 fully saturated rings. The van der Waals surface area contributed by atoms with E-state index in [0.29, 0.717) is 11.3 Å². The Kier molecular flexibility index (Phi) is 4.35. The molecule has 0 amide bonds. The summed E-state index contributed by atoms with van der Waals surface area (Å²) in [6.45, 7) is 0. The lowest BCUT2D eigenvalue weighted by Gasteiger charge is -2.02. The lowest BCUT2D eigenvalue weighted by molar-refractivity contribution is 0.386. The van der Waals surface area contributed by atoms with Crippen LogP contribution in [0.3, 0.4) is 0 Å². The second kappa shape index (κ2) is 6.02. The molecule has 2 aromatic rings. The van der Waals surface area contributed by atoms with Gasteiger partial charge in [-0.25, -0.2) is 17.9 Å². The molecule has 0 aliphatic rings. The lowest BCUT2D eigenvalue weighted by Crippen LogP contribution is -2.11. The highest BCUT2D eigenvalue weighted by molar-refractivity contribution is 7.89. The number of halogens is 1. The standard InChI is InChI=1S/C14H13FN2O3S/c1-20-14-7-2-10(8-13(14)15)9-17-11-3-5-12(6-4-11)21(16,18)19/h2-9H,1H3,(H2,16,18,19). The Bertz CT molecular complexity index is 771. The molecule has 21 heavy (non-hydrogen) atoms. The quantitative estimate of drug-likeness (QED) is 0.879. The Labute approximate surface area is 121 Å². The number of rotatable bonds is 4. The van der Waals surface area contributed by atoms with E-state index in [1.807, 2.05) is 0 Å². The Hall–Kier alpha value is -2.25. The number of benzene rings is 2. The normalized spacial score (nSPS) is 11.8. The second-order valence-electron chi connectivity index (χ2n) is 4.19. The molecule has 0 radical (unpaired) electrons. The molecule has 0 unspecified atom stereocenters. The number of nitrogens with zero attached hydrogens (tertiary/aromatic N) is 1. The van der Waals surface area contributed by atoms with Crippen LogP contribution >= 0.6 is 0 Å². The first kappa shape index (κ1) is 15.1. The van der Waals surface area contributed by atoms with Gasteiger partial charge in [-0.1, -0.05) is 0 Å². The SMILES string of the molecule is COc1ccc(C=Nc2ccc(S(N)(=O)=O)cc2)cc1F. The predicted molar refractivity (Wildman–Crippen MR) is 78.0 cm³/mol. The van der Waals surface area contributed by atoms with Crippen molar-refractivity contribution in [3.05, 3.63) is 53.8 Å². The predicted octanol–water partition coefficient (Wildman–Crippen LogP) is 2.23. The number of aliphatic imine (C=N–C) groups is 1. The van der Waals surface area contributed by atoms with Crippen LogP contribution in [0.5, 0.6) is 5.75 Å². The number of ether oxygens (including phenoxy) is 1. The average Bonchev–Trinajstić information content (AvgIpc) is 2.45. The van der Waals surface area contributed by atoms with Crippen molar-refractivity contribution < 1.29 is 17.5 Å². The molecule has 0 aromatic heterocycles. The van der Waals surface area contributed by atoms with Crippen LogP contribution in [0.4, 0.5) is 10.1 Å². The van der Waals surface area contributed by atoms with Crippen LogP contribution in [0.15, 0.2) is 52.4 Å². The molecule has 2 rings (SSSR count). The van der Waals surface area contributed by atoms with Crippen LogP contribution in [-0.4, -0.2) is 21.7 Å². The van der Waals surface area contributed by atoms with Gasteiger partial charge in [0.05, 0.1) is 17.7 Å². The molecule has 0 heterocycles. The van der Waals surface area contributed by atoms with Crippen LogP contribution < -0.4 is 9.88 Å². The Morgan fingerprint density at radius 1 is 1.19 bits per heavy atom.